The summed E-state index contributed by atoms with van der Waals surface area (Å²) in [7, 11) is 0. The number of azo groups is 1. The SMILES string of the molecule is O=C(Nc1ccccc1)c1c(O)c(N=Nc2ccc3c(c2)sc2sc4ccccc4c23)cc2ccccc12. The van der Waals surface area contributed by atoms with Gasteiger partial charge in [0.15, 0.2) is 5.75 Å². The minimum absolute atomic E-state index is 0.168. The molecule has 7 heteroatoms. The molecule has 0 saturated heterocycles. The highest BCUT2D eigenvalue weighted by Gasteiger charge is 2.20. The van der Waals surface area contributed by atoms with Crippen LogP contribution in [0.4, 0.5) is 17.1 Å². The Kier molecular flexibility index (Phi) is 5.39. The number of carbonyl (C=O) groups is 1. The van der Waals surface area contributed by atoms with E-state index in [1.807, 2.05) is 54.6 Å². The molecule has 0 atom stereocenters. The first-order chi connectivity index (χ1) is 18.7. The van der Waals surface area contributed by atoms with Gasteiger partial charge in [-0.05, 0) is 47.2 Å². The summed E-state index contributed by atoms with van der Waals surface area (Å²) in [5, 5.41) is 28.0. The number of para-hydroxylation sites is 1. The predicted molar refractivity (Wildman–Crippen MR) is 159 cm³/mol. The molecular weight excluding hydrogens is 510 g/mol. The topological polar surface area (TPSA) is 74.0 Å². The van der Waals surface area contributed by atoms with Crippen molar-refractivity contribution in [2.45, 2.75) is 0 Å². The van der Waals surface area contributed by atoms with Crippen molar-refractivity contribution >= 4 is 86.0 Å². The van der Waals surface area contributed by atoms with E-state index in [9.17, 15) is 9.90 Å². The van der Waals surface area contributed by atoms with Crippen LogP contribution < -0.4 is 5.32 Å². The van der Waals surface area contributed by atoms with Crippen molar-refractivity contribution in [2.24, 2.45) is 10.2 Å². The second-order valence-corrected chi connectivity index (χ2v) is 11.3. The molecule has 0 spiro atoms. The third kappa shape index (κ3) is 3.80. The van der Waals surface area contributed by atoms with Crippen LogP contribution in [0.5, 0.6) is 5.75 Å². The molecule has 182 valence electrons. The molecule has 2 aromatic heterocycles. The fraction of sp³-hybridized carbons (Fsp3) is 0. The summed E-state index contributed by atoms with van der Waals surface area (Å²) in [6.07, 6.45) is 0. The molecule has 0 bridgehead atoms. The van der Waals surface area contributed by atoms with E-state index in [-0.39, 0.29) is 17.0 Å². The Morgan fingerprint density at radius 1 is 0.711 bits per heavy atom. The summed E-state index contributed by atoms with van der Waals surface area (Å²) in [6.45, 7) is 0. The molecule has 0 aliphatic heterocycles. The van der Waals surface area contributed by atoms with Crippen molar-refractivity contribution in [1.82, 2.24) is 0 Å². The van der Waals surface area contributed by atoms with Gasteiger partial charge in [0.2, 0.25) is 0 Å². The van der Waals surface area contributed by atoms with Gasteiger partial charge in [0.05, 0.1) is 15.3 Å². The molecular formula is C31H19N3O2S2. The maximum Gasteiger partial charge on any atom is 0.260 e. The maximum absolute atomic E-state index is 13.2. The second kappa shape index (κ2) is 9.06. The number of hydrogen-bond donors (Lipinski definition) is 2. The number of amides is 1. The average Bonchev–Trinajstić information content (AvgIpc) is 3.48. The van der Waals surface area contributed by atoms with Gasteiger partial charge in [-0.2, -0.15) is 5.11 Å². The van der Waals surface area contributed by atoms with Crippen LogP contribution >= 0.6 is 22.7 Å². The van der Waals surface area contributed by atoms with Crippen molar-refractivity contribution in [3.63, 3.8) is 0 Å². The Balaban J connectivity index is 1.28. The number of carbonyl (C=O) groups excluding carboxylic acids is 1. The second-order valence-electron chi connectivity index (χ2n) is 8.90. The maximum atomic E-state index is 13.2. The van der Waals surface area contributed by atoms with Gasteiger partial charge in [-0.3, -0.25) is 4.79 Å². The van der Waals surface area contributed by atoms with Gasteiger partial charge in [0.1, 0.15) is 5.69 Å². The summed E-state index contributed by atoms with van der Waals surface area (Å²) >= 11 is 3.55. The lowest BCUT2D eigenvalue weighted by atomic mass is 10.0. The number of rotatable bonds is 4. The van der Waals surface area contributed by atoms with Gasteiger partial charge in [-0.15, -0.1) is 27.8 Å². The first kappa shape index (κ1) is 22.6. The Labute approximate surface area is 225 Å². The van der Waals surface area contributed by atoms with Gasteiger partial charge in [0, 0.05) is 31.2 Å². The molecule has 7 aromatic rings. The van der Waals surface area contributed by atoms with Gasteiger partial charge < -0.3 is 10.4 Å². The molecule has 38 heavy (non-hydrogen) atoms. The smallest absolute Gasteiger partial charge is 0.260 e. The number of nitrogens with one attached hydrogen (secondary N) is 1. The molecule has 0 unspecified atom stereocenters. The lowest BCUT2D eigenvalue weighted by molar-refractivity contribution is 0.102. The fourth-order valence-corrected chi connectivity index (χ4v) is 7.40. The zero-order valence-corrected chi connectivity index (χ0v) is 21.5. The Morgan fingerprint density at radius 2 is 1.42 bits per heavy atom. The number of hydrogen-bond acceptors (Lipinski definition) is 6. The van der Waals surface area contributed by atoms with Gasteiger partial charge in [0.25, 0.3) is 5.91 Å². The third-order valence-electron chi connectivity index (χ3n) is 6.53. The molecule has 0 radical (unpaired) electrons. The molecule has 2 N–H and O–H groups in total. The molecule has 1 amide bonds. The summed E-state index contributed by atoms with van der Waals surface area (Å²) in [5.41, 5.74) is 1.73. The highest BCUT2D eigenvalue weighted by atomic mass is 32.2. The Morgan fingerprint density at radius 3 is 2.29 bits per heavy atom. The summed E-state index contributed by atoms with van der Waals surface area (Å²) in [4.78, 5) is 13.2. The monoisotopic (exact) mass is 529 g/mol. The van der Waals surface area contributed by atoms with Gasteiger partial charge in [-0.25, -0.2) is 0 Å². The molecule has 0 fully saturated rings. The fourth-order valence-electron chi connectivity index (χ4n) is 4.77. The summed E-state index contributed by atoms with van der Waals surface area (Å²) in [6, 6.07) is 32.9. The van der Waals surface area contributed by atoms with Crippen molar-refractivity contribution in [1.29, 1.82) is 0 Å². The number of phenolic OH excluding ortho intramolecular Hbond substituents is 1. The van der Waals surface area contributed by atoms with Crippen molar-refractivity contribution < 1.29 is 9.90 Å². The average molecular weight is 530 g/mol. The zero-order chi connectivity index (χ0) is 25.6. The van der Waals surface area contributed by atoms with Gasteiger partial charge >= 0.3 is 0 Å². The molecule has 7 rings (SSSR count). The summed E-state index contributed by atoms with van der Waals surface area (Å²) < 4.78 is 3.72. The predicted octanol–water partition coefficient (Wildman–Crippen LogP) is 9.80. The van der Waals surface area contributed by atoms with Crippen LogP contribution in [0.25, 0.3) is 40.3 Å². The number of benzene rings is 5. The number of phenols is 1. The molecule has 0 aliphatic carbocycles. The lowest BCUT2D eigenvalue weighted by Crippen LogP contribution is -2.12. The zero-order valence-electron chi connectivity index (χ0n) is 19.9. The first-order valence-corrected chi connectivity index (χ1v) is 13.7. The van der Waals surface area contributed by atoms with Crippen molar-refractivity contribution in [2.75, 3.05) is 5.32 Å². The minimum atomic E-state index is -0.408. The number of thiophene rings is 2. The Hall–Kier alpha value is -4.59. The van der Waals surface area contributed by atoms with Gasteiger partial charge in [-0.1, -0.05) is 66.7 Å². The number of anilines is 1. The normalized spacial score (nSPS) is 11.8. The van der Waals surface area contributed by atoms with E-state index in [0.717, 1.165) is 10.1 Å². The van der Waals surface area contributed by atoms with E-state index in [1.54, 1.807) is 40.9 Å². The van der Waals surface area contributed by atoms with E-state index < -0.39 is 5.91 Å². The number of nitrogens with zero attached hydrogens (tertiary/aromatic N) is 2. The molecule has 0 saturated carbocycles. The molecule has 2 heterocycles. The van der Waals surface area contributed by atoms with E-state index in [2.05, 4.69) is 45.9 Å². The van der Waals surface area contributed by atoms with Crippen LogP contribution in [0.15, 0.2) is 113 Å². The third-order valence-corrected chi connectivity index (χ3v) is 8.95. The van der Waals surface area contributed by atoms with Crippen LogP contribution in [0, 0.1) is 0 Å². The molecule has 5 aromatic carbocycles. The highest BCUT2D eigenvalue weighted by Crippen LogP contribution is 2.45. The Bertz CT molecular complexity index is 2040. The summed E-state index contributed by atoms with van der Waals surface area (Å²) in [5.74, 6) is -0.612. The standard InChI is InChI=1S/C31H19N3O2S2/c35-29-24(16-18-8-4-5-11-21(18)28(29)30(36)32-19-9-2-1-3-10-19)34-33-20-14-15-23-26(17-20)38-31-27(23)22-12-6-7-13-25(22)37-31/h1-17,35H,(H,32,36). The quantitative estimate of drug-likeness (QED) is 0.223. The van der Waals surface area contributed by atoms with Crippen molar-refractivity contribution in [3.05, 3.63) is 109 Å². The first-order valence-electron chi connectivity index (χ1n) is 12.0. The largest absolute Gasteiger partial charge is 0.505 e. The number of aromatic hydroxyl groups is 1. The van der Waals surface area contributed by atoms with E-state index in [1.165, 1.54) is 24.9 Å². The van der Waals surface area contributed by atoms with Crippen molar-refractivity contribution in [3.8, 4) is 5.75 Å². The minimum Gasteiger partial charge on any atom is -0.505 e. The number of fused-ring (bicyclic) bond motifs is 6. The molecule has 0 aliphatic rings. The van der Waals surface area contributed by atoms with Crippen LogP contribution in [0.2, 0.25) is 0 Å². The highest BCUT2D eigenvalue weighted by molar-refractivity contribution is 7.44. The van der Waals surface area contributed by atoms with E-state index in [4.69, 9.17) is 0 Å². The van der Waals surface area contributed by atoms with Crippen LogP contribution in [-0.4, -0.2) is 11.0 Å². The van der Waals surface area contributed by atoms with E-state index in [0.29, 0.717) is 16.8 Å². The van der Waals surface area contributed by atoms with Crippen LogP contribution in [0.3, 0.4) is 0 Å². The molecule has 5 nitrogen and oxygen atoms in total. The van der Waals surface area contributed by atoms with Crippen LogP contribution in [-0.2, 0) is 0 Å². The lowest BCUT2D eigenvalue weighted by Gasteiger charge is -2.12. The van der Waals surface area contributed by atoms with Crippen LogP contribution in [0.1, 0.15) is 10.4 Å². The van der Waals surface area contributed by atoms with E-state index >= 15 is 0 Å².